The molecule has 1 aliphatic rings. The van der Waals surface area contributed by atoms with Crippen molar-refractivity contribution in [3.05, 3.63) is 12.7 Å². The van der Waals surface area contributed by atoms with Crippen LogP contribution in [0.4, 0.5) is 4.79 Å². The average molecular weight is 294 g/mol. The summed E-state index contributed by atoms with van der Waals surface area (Å²) in [7, 11) is 3.93. The molecule has 0 bridgehead atoms. The maximum Gasteiger partial charge on any atom is 0.331 e. The Morgan fingerprint density at radius 3 is 2.67 bits per heavy atom. The van der Waals surface area contributed by atoms with E-state index >= 15 is 0 Å². The van der Waals surface area contributed by atoms with Crippen molar-refractivity contribution < 1.29 is 14.4 Å². The predicted molar refractivity (Wildman–Crippen MR) is 80.1 cm³/mol. The highest BCUT2D eigenvalue weighted by molar-refractivity contribution is 6.27. The Morgan fingerprint density at radius 1 is 1.43 bits per heavy atom. The standard InChI is InChI=1S/C14H22N4O3/c1-5-8-18-13(20)11(12(19)16-14(18)21)10(2)15-7-6-9-17(3)4/h5,11H,1,6-9H2,2-4H3,(H,16,19,21). The summed E-state index contributed by atoms with van der Waals surface area (Å²) in [5.41, 5.74) is 0.429. The van der Waals surface area contributed by atoms with Crippen LogP contribution in [0.15, 0.2) is 17.6 Å². The third-order valence-corrected chi connectivity index (χ3v) is 3.10. The Labute approximate surface area is 124 Å². The van der Waals surface area contributed by atoms with Gasteiger partial charge in [0.05, 0.1) is 0 Å². The lowest BCUT2D eigenvalue weighted by Crippen LogP contribution is -2.59. The molecule has 0 saturated carbocycles. The van der Waals surface area contributed by atoms with Gasteiger partial charge in [-0.25, -0.2) is 4.79 Å². The highest BCUT2D eigenvalue weighted by atomic mass is 16.2. The number of imide groups is 2. The van der Waals surface area contributed by atoms with Crippen LogP contribution in [0.5, 0.6) is 0 Å². The molecular formula is C14H22N4O3. The first-order valence-electron chi connectivity index (χ1n) is 6.81. The van der Waals surface area contributed by atoms with Gasteiger partial charge in [-0.3, -0.25) is 24.8 Å². The molecule has 0 radical (unpaired) electrons. The van der Waals surface area contributed by atoms with E-state index in [1.54, 1.807) is 6.92 Å². The molecule has 0 aromatic carbocycles. The lowest BCUT2D eigenvalue weighted by atomic mass is 9.99. The second-order valence-electron chi connectivity index (χ2n) is 5.14. The van der Waals surface area contributed by atoms with Gasteiger partial charge in [-0.15, -0.1) is 6.58 Å². The molecule has 1 fully saturated rings. The largest absolute Gasteiger partial charge is 0.331 e. The smallest absolute Gasteiger partial charge is 0.309 e. The van der Waals surface area contributed by atoms with Crippen LogP contribution in [0.25, 0.3) is 0 Å². The Kier molecular flexibility index (Phi) is 6.23. The average Bonchev–Trinajstić information content (AvgIpc) is 2.39. The summed E-state index contributed by atoms with van der Waals surface area (Å²) in [6.45, 7) is 6.62. The summed E-state index contributed by atoms with van der Waals surface area (Å²) < 4.78 is 0. The van der Waals surface area contributed by atoms with E-state index in [-0.39, 0.29) is 6.54 Å². The van der Waals surface area contributed by atoms with Crippen molar-refractivity contribution in [1.82, 2.24) is 15.1 Å². The Morgan fingerprint density at radius 2 is 2.10 bits per heavy atom. The van der Waals surface area contributed by atoms with Crippen molar-refractivity contribution >= 4 is 23.6 Å². The molecule has 116 valence electrons. The number of carbonyl (C=O) groups excluding carboxylic acids is 3. The molecule has 1 N–H and O–H groups in total. The summed E-state index contributed by atoms with van der Waals surface area (Å²) in [6.07, 6.45) is 2.27. The molecule has 0 spiro atoms. The Hall–Kier alpha value is -2.02. The first-order chi connectivity index (χ1) is 9.88. The number of amides is 4. The molecule has 1 atom stereocenters. The van der Waals surface area contributed by atoms with Gasteiger partial charge < -0.3 is 4.90 Å². The van der Waals surface area contributed by atoms with E-state index < -0.39 is 23.8 Å². The molecule has 1 heterocycles. The predicted octanol–water partition coefficient (Wildman–Crippen LogP) is 0.280. The van der Waals surface area contributed by atoms with E-state index in [0.717, 1.165) is 17.9 Å². The third kappa shape index (κ3) is 4.49. The summed E-state index contributed by atoms with van der Waals surface area (Å²) >= 11 is 0. The highest BCUT2D eigenvalue weighted by Crippen LogP contribution is 2.13. The van der Waals surface area contributed by atoms with Crippen LogP contribution >= 0.6 is 0 Å². The number of hydrogen-bond donors (Lipinski definition) is 1. The minimum Gasteiger partial charge on any atom is -0.309 e. The molecule has 1 saturated heterocycles. The quantitative estimate of drug-likeness (QED) is 0.316. The fourth-order valence-electron chi connectivity index (χ4n) is 2.02. The number of nitrogens with zero attached hydrogens (tertiary/aromatic N) is 3. The van der Waals surface area contributed by atoms with Crippen LogP contribution in [0.1, 0.15) is 13.3 Å². The second-order valence-corrected chi connectivity index (χ2v) is 5.14. The molecule has 1 unspecified atom stereocenters. The third-order valence-electron chi connectivity index (χ3n) is 3.10. The number of rotatable bonds is 7. The van der Waals surface area contributed by atoms with Crippen LogP contribution in [-0.2, 0) is 9.59 Å². The van der Waals surface area contributed by atoms with Crippen LogP contribution in [-0.4, -0.2) is 67.1 Å². The Bertz CT molecular complexity index is 471. The second kappa shape index (κ2) is 7.68. The van der Waals surface area contributed by atoms with Crippen LogP contribution in [0, 0.1) is 5.92 Å². The molecule has 0 aromatic heterocycles. The van der Waals surface area contributed by atoms with Gasteiger partial charge in [-0.2, -0.15) is 0 Å². The number of carbonyl (C=O) groups is 3. The van der Waals surface area contributed by atoms with Gasteiger partial charge in [-0.05, 0) is 34.0 Å². The number of hydrogen-bond acceptors (Lipinski definition) is 5. The van der Waals surface area contributed by atoms with E-state index in [1.165, 1.54) is 6.08 Å². The number of urea groups is 1. The number of aliphatic imine (C=N–C) groups is 1. The van der Waals surface area contributed by atoms with Gasteiger partial charge in [-0.1, -0.05) is 6.08 Å². The van der Waals surface area contributed by atoms with E-state index in [1.807, 2.05) is 19.0 Å². The van der Waals surface area contributed by atoms with Gasteiger partial charge in [0.1, 0.15) is 0 Å². The molecule has 7 heteroatoms. The SMILES string of the molecule is C=CCN1C(=O)NC(=O)C(C(C)=NCCCN(C)C)C1=O. The molecule has 7 nitrogen and oxygen atoms in total. The van der Waals surface area contributed by atoms with Crippen molar-refractivity contribution in [3.63, 3.8) is 0 Å². The topological polar surface area (TPSA) is 82.1 Å². The number of nitrogens with one attached hydrogen (secondary N) is 1. The molecule has 0 aliphatic carbocycles. The van der Waals surface area contributed by atoms with Crippen LogP contribution < -0.4 is 5.32 Å². The van der Waals surface area contributed by atoms with Gasteiger partial charge in [0.15, 0.2) is 5.92 Å². The summed E-state index contributed by atoms with van der Waals surface area (Å²) in [4.78, 5) is 43.0. The van der Waals surface area contributed by atoms with Crippen molar-refractivity contribution in [2.75, 3.05) is 33.7 Å². The molecule has 1 rings (SSSR count). The summed E-state index contributed by atoms with van der Waals surface area (Å²) in [5.74, 6) is -2.18. The van der Waals surface area contributed by atoms with Crippen LogP contribution in [0.2, 0.25) is 0 Å². The van der Waals surface area contributed by atoms with E-state index in [0.29, 0.717) is 12.3 Å². The molecule has 21 heavy (non-hydrogen) atoms. The van der Waals surface area contributed by atoms with Crippen molar-refractivity contribution in [1.29, 1.82) is 0 Å². The lowest BCUT2D eigenvalue weighted by Gasteiger charge is -2.29. The zero-order valence-corrected chi connectivity index (χ0v) is 12.8. The van der Waals surface area contributed by atoms with Crippen molar-refractivity contribution in [2.24, 2.45) is 10.9 Å². The first-order valence-corrected chi connectivity index (χ1v) is 6.81. The highest BCUT2D eigenvalue weighted by Gasteiger charge is 2.41. The maximum absolute atomic E-state index is 12.2. The molecule has 0 aromatic rings. The maximum atomic E-state index is 12.2. The van der Waals surface area contributed by atoms with Gasteiger partial charge in [0.2, 0.25) is 11.8 Å². The molecular weight excluding hydrogens is 272 g/mol. The van der Waals surface area contributed by atoms with E-state index in [4.69, 9.17) is 0 Å². The fourth-order valence-corrected chi connectivity index (χ4v) is 2.02. The van der Waals surface area contributed by atoms with Gasteiger partial charge >= 0.3 is 6.03 Å². The van der Waals surface area contributed by atoms with E-state index in [2.05, 4.69) is 16.9 Å². The zero-order chi connectivity index (χ0) is 16.0. The van der Waals surface area contributed by atoms with Gasteiger partial charge in [0, 0.05) is 18.8 Å². The summed E-state index contributed by atoms with van der Waals surface area (Å²) in [5, 5.41) is 2.17. The van der Waals surface area contributed by atoms with Crippen molar-refractivity contribution in [2.45, 2.75) is 13.3 Å². The Balaban J connectivity index is 2.76. The number of barbiturate groups is 1. The monoisotopic (exact) mass is 294 g/mol. The molecule has 1 aliphatic heterocycles. The fraction of sp³-hybridized carbons (Fsp3) is 0.571. The zero-order valence-electron chi connectivity index (χ0n) is 12.8. The van der Waals surface area contributed by atoms with Crippen molar-refractivity contribution in [3.8, 4) is 0 Å². The van der Waals surface area contributed by atoms with E-state index in [9.17, 15) is 14.4 Å². The summed E-state index contributed by atoms with van der Waals surface area (Å²) in [6, 6.07) is -0.707. The van der Waals surface area contributed by atoms with Crippen LogP contribution in [0.3, 0.4) is 0 Å². The first kappa shape index (κ1) is 17.0. The van der Waals surface area contributed by atoms with Gasteiger partial charge in [0.25, 0.3) is 0 Å². The molecule has 4 amide bonds. The lowest BCUT2D eigenvalue weighted by molar-refractivity contribution is -0.139. The minimum absolute atomic E-state index is 0.0718. The minimum atomic E-state index is -1.03. The normalized spacial score (nSPS) is 20.0.